The highest BCUT2D eigenvalue weighted by Crippen LogP contribution is 2.29. The molecule has 0 radical (unpaired) electrons. The van der Waals surface area contributed by atoms with Crippen LogP contribution < -0.4 is 16.0 Å². The van der Waals surface area contributed by atoms with Gasteiger partial charge in [0.25, 0.3) is 5.91 Å². The third-order valence-corrected chi connectivity index (χ3v) is 5.15. The predicted octanol–water partition coefficient (Wildman–Crippen LogP) is 3.69. The molecular formula is C21H22F3N3O3S. The average Bonchev–Trinajstić information content (AvgIpc) is 2.71. The minimum Gasteiger partial charge on any atom is -0.353 e. The van der Waals surface area contributed by atoms with Crippen LogP contribution in [0, 0.1) is 0 Å². The second kappa shape index (κ2) is 10.9. The molecule has 1 atom stereocenters. The van der Waals surface area contributed by atoms with E-state index in [1.807, 2.05) is 0 Å². The van der Waals surface area contributed by atoms with Crippen LogP contribution in [0.2, 0.25) is 0 Å². The van der Waals surface area contributed by atoms with Crippen molar-refractivity contribution in [2.45, 2.75) is 30.2 Å². The van der Waals surface area contributed by atoms with Crippen molar-refractivity contribution in [1.29, 1.82) is 0 Å². The van der Waals surface area contributed by atoms with Crippen LogP contribution in [0.15, 0.2) is 53.4 Å². The fraction of sp³-hybridized carbons (Fsp3) is 0.286. The maximum Gasteiger partial charge on any atom is 0.416 e. The minimum atomic E-state index is -4.46. The third kappa shape index (κ3) is 7.97. The SMILES string of the molecule is CC(=O)Nc1ccc(SC(C)C(=O)NCCNC(=O)c2ccc(C(F)(F)F)cc2)cc1. The number of halogens is 3. The summed E-state index contributed by atoms with van der Waals surface area (Å²) in [4.78, 5) is 36.1. The largest absolute Gasteiger partial charge is 0.416 e. The normalized spacial score (nSPS) is 12.0. The molecule has 2 aromatic rings. The molecule has 10 heteroatoms. The molecule has 0 aromatic heterocycles. The summed E-state index contributed by atoms with van der Waals surface area (Å²) < 4.78 is 37.7. The van der Waals surface area contributed by atoms with Gasteiger partial charge in [-0.2, -0.15) is 13.2 Å². The Bertz CT molecular complexity index is 916. The lowest BCUT2D eigenvalue weighted by atomic mass is 10.1. The molecule has 0 aliphatic carbocycles. The summed E-state index contributed by atoms with van der Waals surface area (Å²) in [6, 6.07) is 11.0. The molecule has 2 aromatic carbocycles. The summed E-state index contributed by atoms with van der Waals surface area (Å²) in [6.07, 6.45) is -4.46. The Balaban J connectivity index is 1.73. The first-order valence-electron chi connectivity index (χ1n) is 9.34. The number of hydrogen-bond donors (Lipinski definition) is 3. The van der Waals surface area contributed by atoms with Gasteiger partial charge in [-0.1, -0.05) is 0 Å². The highest BCUT2D eigenvalue weighted by Gasteiger charge is 2.30. The van der Waals surface area contributed by atoms with Crippen molar-refractivity contribution in [3.63, 3.8) is 0 Å². The van der Waals surface area contributed by atoms with E-state index < -0.39 is 22.9 Å². The van der Waals surface area contributed by atoms with Crippen molar-refractivity contribution in [3.05, 3.63) is 59.7 Å². The fourth-order valence-corrected chi connectivity index (χ4v) is 3.39. The monoisotopic (exact) mass is 453 g/mol. The lowest BCUT2D eigenvalue weighted by Gasteiger charge is -2.13. The summed E-state index contributed by atoms with van der Waals surface area (Å²) in [6.45, 7) is 3.47. The summed E-state index contributed by atoms with van der Waals surface area (Å²) >= 11 is 1.34. The molecule has 2 rings (SSSR count). The maximum absolute atomic E-state index is 12.6. The van der Waals surface area contributed by atoms with E-state index in [2.05, 4.69) is 16.0 Å². The van der Waals surface area contributed by atoms with Crippen LogP contribution in [0.1, 0.15) is 29.8 Å². The Kier molecular flexibility index (Phi) is 8.49. The summed E-state index contributed by atoms with van der Waals surface area (Å²) in [5, 5.41) is 7.51. The first-order chi connectivity index (χ1) is 14.6. The predicted molar refractivity (Wildman–Crippen MR) is 113 cm³/mol. The molecule has 0 saturated heterocycles. The molecule has 3 N–H and O–H groups in total. The molecule has 6 nitrogen and oxygen atoms in total. The quantitative estimate of drug-likeness (QED) is 0.420. The topological polar surface area (TPSA) is 87.3 Å². The first-order valence-corrected chi connectivity index (χ1v) is 10.2. The zero-order valence-corrected chi connectivity index (χ0v) is 17.7. The molecular weight excluding hydrogens is 431 g/mol. The van der Waals surface area contributed by atoms with E-state index in [-0.39, 0.29) is 30.5 Å². The number of hydrogen-bond acceptors (Lipinski definition) is 4. The Hall–Kier alpha value is -3.01. The van der Waals surface area contributed by atoms with Gasteiger partial charge in [0.15, 0.2) is 0 Å². The van der Waals surface area contributed by atoms with Crippen molar-refractivity contribution in [3.8, 4) is 0 Å². The van der Waals surface area contributed by atoms with E-state index in [9.17, 15) is 27.6 Å². The molecule has 31 heavy (non-hydrogen) atoms. The van der Waals surface area contributed by atoms with E-state index in [4.69, 9.17) is 0 Å². The highest BCUT2D eigenvalue weighted by atomic mass is 32.2. The van der Waals surface area contributed by atoms with Crippen molar-refractivity contribution in [2.24, 2.45) is 0 Å². The highest BCUT2D eigenvalue weighted by molar-refractivity contribution is 8.00. The number of carbonyl (C=O) groups excluding carboxylic acids is 3. The van der Waals surface area contributed by atoms with Crippen LogP contribution in [0.25, 0.3) is 0 Å². The van der Waals surface area contributed by atoms with Gasteiger partial charge in [0.2, 0.25) is 11.8 Å². The van der Waals surface area contributed by atoms with Gasteiger partial charge in [-0.15, -0.1) is 11.8 Å². The van der Waals surface area contributed by atoms with Crippen LogP contribution in [-0.2, 0) is 15.8 Å². The van der Waals surface area contributed by atoms with E-state index in [1.165, 1.54) is 18.7 Å². The van der Waals surface area contributed by atoms with Gasteiger partial charge >= 0.3 is 6.18 Å². The number of anilines is 1. The fourth-order valence-electron chi connectivity index (χ4n) is 2.50. The second-order valence-corrected chi connectivity index (χ2v) is 8.00. The second-order valence-electron chi connectivity index (χ2n) is 6.59. The number of nitrogens with one attached hydrogen (secondary N) is 3. The Labute approximate surface area is 182 Å². The third-order valence-electron chi connectivity index (χ3n) is 4.04. The molecule has 0 heterocycles. The Morgan fingerprint density at radius 3 is 2.06 bits per heavy atom. The van der Waals surface area contributed by atoms with Crippen LogP contribution >= 0.6 is 11.8 Å². The molecule has 0 aliphatic rings. The molecule has 0 spiro atoms. The van der Waals surface area contributed by atoms with Gasteiger partial charge in [0.05, 0.1) is 10.8 Å². The average molecular weight is 453 g/mol. The minimum absolute atomic E-state index is 0.103. The van der Waals surface area contributed by atoms with Crippen LogP contribution in [-0.4, -0.2) is 36.1 Å². The van der Waals surface area contributed by atoms with E-state index in [0.717, 1.165) is 29.2 Å². The summed E-state index contributed by atoms with van der Waals surface area (Å²) in [5.74, 6) is -0.914. The number of carbonyl (C=O) groups is 3. The zero-order valence-electron chi connectivity index (χ0n) is 16.9. The molecule has 0 aliphatic heterocycles. The summed E-state index contributed by atoms with van der Waals surface area (Å²) in [7, 11) is 0. The Morgan fingerprint density at radius 2 is 1.52 bits per heavy atom. The number of benzene rings is 2. The van der Waals surface area contributed by atoms with Gasteiger partial charge in [-0.25, -0.2) is 0 Å². The van der Waals surface area contributed by atoms with Crippen molar-refractivity contribution >= 4 is 35.2 Å². The van der Waals surface area contributed by atoms with Crippen LogP contribution in [0.4, 0.5) is 18.9 Å². The van der Waals surface area contributed by atoms with Crippen LogP contribution in [0.3, 0.4) is 0 Å². The standard InChI is InChI=1S/C21H22F3N3O3S/c1-13(31-18-9-7-17(8-10-18)27-14(2)28)19(29)25-11-12-26-20(30)15-3-5-16(6-4-15)21(22,23)24/h3-10,13H,11-12H2,1-2H3,(H,25,29)(H,26,30)(H,27,28). The first kappa shape index (κ1) is 24.3. The molecule has 0 fully saturated rings. The van der Waals surface area contributed by atoms with Gasteiger partial charge < -0.3 is 16.0 Å². The lowest BCUT2D eigenvalue weighted by Crippen LogP contribution is -2.37. The van der Waals surface area contributed by atoms with Crippen molar-refractivity contribution in [2.75, 3.05) is 18.4 Å². The van der Waals surface area contributed by atoms with Gasteiger partial charge in [-0.05, 0) is 55.5 Å². The van der Waals surface area contributed by atoms with Gasteiger partial charge in [-0.3, -0.25) is 14.4 Å². The zero-order chi connectivity index (χ0) is 23.0. The lowest BCUT2D eigenvalue weighted by molar-refractivity contribution is -0.137. The van der Waals surface area contributed by atoms with Gasteiger partial charge in [0, 0.05) is 36.2 Å². The molecule has 1 unspecified atom stereocenters. The smallest absolute Gasteiger partial charge is 0.353 e. The molecule has 0 bridgehead atoms. The molecule has 0 saturated carbocycles. The van der Waals surface area contributed by atoms with Crippen molar-refractivity contribution in [1.82, 2.24) is 10.6 Å². The Morgan fingerprint density at radius 1 is 0.935 bits per heavy atom. The van der Waals surface area contributed by atoms with E-state index >= 15 is 0 Å². The van der Waals surface area contributed by atoms with E-state index in [0.29, 0.717) is 5.69 Å². The number of thioether (sulfide) groups is 1. The van der Waals surface area contributed by atoms with Crippen molar-refractivity contribution < 1.29 is 27.6 Å². The maximum atomic E-state index is 12.6. The number of rotatable bonds is 8. The number of amides is 3. The van der Waals surface area contributed by atoms with Gasteiger partial charge in [0.1, 0.15) is 0 Å². The molecule has 3 amide bonds. The number of alkyl halides is 3. The molecule has 166 valence electrons. The van der Waals surface area contributed by atoms with E-state index in [1.54, 1.807) is 31.2 Å². The van der Waals surface area contributed by atoms with Crippen LogP contribution in [0.5, 0.6) is 0 Å². The summed E-state index contributed by atoms with van der Waals surface area (Å²) in [5.41, 5.74) is -0.0590.